The van der Waals surface area contributed by atoms with Crippen molar-refractivity contribution in [1.29, 1.82) is 0 Å². The fourth-order valence-corrected chi connectivity index (χ4v) is 5.98. The molecule has 0 spiro atoms. The molecule has 0 bridgehead atoms. The molecule has 0 aromatic heterocycles. The molecule has 1 rings (SSSR count). The summed E-state index contributed by atoms with van der Waals surface area (Å²) >= 11 is 0. The maximum Gasteiger partial charge on any atom is 0.469 e. The largest absolute Gasteiger partial charge is 0.469 e. The standard InChI is InChI=1S/C41H71O9P/c1-3-5-7-8-9-10-11-12-13-14-15-16-17-18-22-25-29-33-40(42)47-35-37(36-48-51(44,45)46)49-41(43)34-30-26-23-20-19-21-24-28-32-39-38(50-39)31-27-6-4-2/h9-10,12-13,15-16,24,28,37-39H,3-8,11,14,17-23,25-27,29-36H2,1-2H3,(H2,44,45,46)/b10-9-,13-12-,16-15-,28-24-/t37-,38?,39?/m1/s1. The van der Waals surface area contributed by atoms with Gasteiger partial charge in [0.15, 0.2) is 6.10 Å². The summed E-state index contributed by atoms with van der Waals surface area (Å²) in [6.07, 6.45) is 41.4. The Balaban J connectivity index is 2.10. The Labute approximate surface area is 309 Å². The van der Waals surface area contributed by atoms with Gasteiger partial charge in [-0.15, -0.1) is 0 Å². The highest BCUT2D eigenvalue weighted by Crippen LogP contribution is 2.36. The van der Waals surface area contributed by atoms with Crippen molar-refractivity contribution in [2.75, 3.05) is 13.2 Å². The summed E-state index contributed by atoms with van der Waals surface area (Å²) in [6, 6.07) is 0. The first-order valence-electron chi connectivity index (χ1n) is 20.1. The lowest BCUT2D eigenvalue weighted by Gasteiger charge is -2.18. The van der Waals surface area contributed by atoms with Crippen molar-refractivity contribution in [2.24, 2.45) is 0 Å². The maximum absolute atomic E-state index is 12.4. The molecule has 0 aromatic carbocycles. The minimum absolute atomic E-state index is 0.184. The Kier molecular flexibility index (Phi) is 30.0. The van der Waals surface area contributed by atoms with E-state index in [0.717, 1.165) is 77.0 Å². The number of carbonyl (C=O) groups excluding carboxylic acids is 2. The Morgan fingerprint density at radius 2 is 1.14 bits per heavy atom. The second-order valence-corrected chi connectivity index (χ2v) is 14.9. The van der Waals surface area contributed by atoms with Gasteiger partial charge in [0.2, 0.25) is 0 Å². The predicted octanol–water partition coefficient (Wildman–Crippen LogP) is 10.9. The second kappa shape index (κ2) is 32.6. The third kappa shape index (κ3) is 32.4. The van der Waals surface area contributed by atoms with E-state index in [9.17, 15) is 14.2 Å². The predicted molar refractivity (Wildman–Crippen MR) is 206 cm³/mol. The van der Waals surface area contributed by atoms with Crippen molar-refractivity contribution < 1.29 is 42.7 Å². The van der Waals surface area contributed by atoms with E-state index in [-0.39, 0.29) is 19.4 Å². The summed E-state index contributed by atoms with van der Waals surface area (Å²) < 4.78 is 32.1. The van der Waals surface area contributed by atoms with Gasteiger partial charge in [-0.2, -0.15) is 0 Å². The number of ether oxygens (including phenoxy) is 3. The number of rotatable bonds is 35. The fourth-order valence-electron chi connectivity index (χ4n) is 5.62. The van der Waals surface area contributed by atoms with Gasteiger partial charge < -0.3 is 24.0 Å². The van der Waals surface area contributed by atoms with Gasteiger partial charge in [0.05, 0.1) is 18.8 Å². The molecule has 2 unspecified atom stereocenters. The molecule has 294 valence electrons. The third-order valence-corrected chi connectivity index (χ3v) is 9.23. The van der Waals surface area contributed by atoms with Crippen molar-refractivity contribution in [3.05, 3.63) is 48.6 Å². The van der Waals surface area contributed by atoms with Crippen LogP contribution >= 0.6 is 7.82 Å². The molecule has 1 aliphatic rings. The van der Waals surface area contributed by atoms with Crippen LogP contribution in [-0.4, -0.2) is 53.3 Å². The number of phosphoric ester groups is 1. The Hall–Kier alpha value is -2.03. The van der Waals surface area contributed by atoms with E-state index < -0.39 is 32.5 Å². The van der Waals surface area contributed by atoms with Gasteiger partial charge in [0.25, 0.3) is 0 Å². The van der Waals surface area contributed by atoms with Gasteiger partial charge in [-0.05, 0) is 77.0 Å². The number of hydrogen-bond donors (Lipinski definition) is 2. The fraction of sp³-hybridized carbons (Fsp3) is 0.756. The lowest BCUT2D eigenvalue weighted by atomic mass is 10.1. The quantitative estimate of drug-likeness (QED) is 0.0214. The van der Waals surface area contributed by atoms with Gasteiger partial charge in [0.1, 0.15) is 6.61 Å². The zero-order valence-corrected chi connectivity index (χ0v) is 32.8. The van der Waals surface area contributed by atoms with E-state index in [2.05, 4.69) is 67.0 Å². The van der Waals surface area contributed by atoms with Crippen LogP contribution < -0.4 is 0 Å². The van der Waals surface area contributed by atoms with Crippen molar-refractivity contribution in [1.82, 2.24) is 0 Å². The maximum atomic E-state index is 12.4. The Morgan fingerprint density at radius 3 is 1.75 bits per heavy atom. The van der Waals surface area contributed by atoms with Gasteiger partial charge in [0, 0.05) is 12.8 Å². The van der Waals surface area contributed by atoms with Crippen molar-refractivity contribution >= 4 is 19.8 Å². The third-order valence-electron chi connectivity index (χ3n) is 8.74. The number of carbonyl (C=O) groups is 2. The molecule has 0 radical (unpaired) electrons. The molecule has 1 saturated heterocycles. The lowest BCUT2D eigenvalue weighted by Crippen LogP contribution is -2.29. The van der Waals surface area contributed by atoms with Gasteiger partial charge in [-0.1, -0.05) is 127 Å². The average Bonchev–Trinajstić information content (AvgIpc) is 3.85. The summed E-state index contributed by atoms with van der Waals surface area (Å²) in [6.45, 7) is 3.58. The van der Waals surface area contributed by atoms with E-state index in [0.29, 0.717) is 25.0 Å². The molecule has 1 aliphatic heterocycles. The van der Waals surface area contributed by atoms with Crippen LogP contribution in [0.25, 0.3) is 0 Å². The first-order valence-corrected chi connectivity index (χ1v) is 21.6. The molecule has 0 aromatic rings. The van der Waals surface area contributed by atoms with E-state index in [4.69, 9.17) is 24.0 Å². The Morgan fingerprint density at radius 1 is 0.627 bits per heavy atom. The lowest BCUT2D eigenvalue weighted by molar-refractivity contribution is -0.161. The molecular formula is C41H71O9P. The van der Waals surface area contributed by atoms with Crippen LogP contribution in [0.1, 0.15) is 168 Å². The summed E-state index contributed by atoms with van der Waals surface area (Å²) in [4.78, 5) is 42.8. The molecule has 2 N–H and O–H groups in total. The van der Waals surface area contributed by atoms with Gasteiger partial charge >= 0.3 is 19.8 Å². The normalized spacial score (nSPS) is 16.9. The monoisotopic (exact) mass is 738 g/mol. The summed E-state index contributed by atoms with van der Waals surface area (Å²) in [5, 5.41) is 0. The highest BCUT2D eigenvalue weighted by Gasteiger charge is 2.36. The topological polar surface area (TPSA) is 132 Å². The van der Waals surface area contributed by atoms with Crippen LogP contribution in [0.15, 0.2) is 48.6 Å². The summed E-state index contributed by atoms with van der Waals surface area (Å²) in [7, 11) is -4.77. The number of epoxide rings is 1. The number of hydrogen-bond acceptors (Lipinski definition) is 7. The van der Waals surface area contributed by atoms with Crippen LogP contribution in [-0.2, 0) is 32.9 Å². The van der Waals surface area contributed by atoms with Gasteiger partial charge in [-0.3, -0.25) is 14.1 Å². The first-order chi connectivity index (χ1) is 24.7. The zero-order chi connectivity index (χ0) is 37.3. The summed E-state index contributed by atoms with van der Waals surface area (Å²) in [5.74, 6) is -0.934. The number of esters is 2. The van der Waals surface area contributed by atoms with E-state index in [1.807, 2.05) is 0 Å². The van der Waals surface area contributed by atoms with Crippen molar-refractivity contribution in [3.63, 3.8) is 0 Å². The second-order valence-electron chi connectivity index (χ2n) is 13.6. The van der Waals surface area contributed by atoms with E-state index in [1.54, 1.807) is 0 Å². The first kappa shape index (κ1) is 47.0. The van der Waals surface area contributed by atoms with Crippen LogP contribution in [0.2, 0.25) is 0 Å². The molecule has 9 nitrogen and oxygen atoms in total. The molecule has 51 heavy (non-hydrogen) atoms. The molecular weight excluding hydrogens is 667 g/mol. The van der Waals surface area contributed by atoms with E-state index in [1.165, 1.54) is 51.4 Å². The molecule has 0 aliphatic carbocycles. The van der Waals surface area contributed by atoms with Gasteiger partial charge in [-0.25, -0.2) is 4.57 Å². The molecule has 1 fully saturated rings. The molecule has 3 atom stereocenters. The van der Waals surface area contributed by atoms with Crippen LogP contribution in [0, 0.1) is 0 Å². The summed E-state index contributed by atoms with van der Waals surface area (Å²) in [5.41, 5.74) is 0. The highest BCUT2D eigenvalue weighted by atomic mass is 31.2. The molecule has 0 saturated carbocycles. The van der Waals surface area contributed by atoms with Crippen LogP contribution in [0.4, 0.5) is 0 Å². The van der Waals surface area contributed by atoms with Crippen LogP contribution in [0.3, 0.4) is 0 Å². The zero-order valence-electron chi connectivity index (χ0n) is 31.9. The minimum Gasteiger partial charge on any atom is -0.462 e. The minimum atomic E-state index is -4.77. The van der Waals surface area contributed by atoms with E-state index >= 15 is 0 Å². The molecule has 10 heteroatoms. The van der Waals surface area contributed by atoms with Crippen molar-refractivity contribution in [2.45, 2.75) is 186 Å². The molecule has 1 heterocycles. The average molecular weight is 739 g/mol. The smallest absolute Gasteiger partial charge is 0.462 e. The van der Waals surface area contributed by atoms with Crippen molar-refractivity contribution in [3.8, 4) is 0 Å². The number of unbranched alkanes of at least 4 members (excludes halogenated alkanes) is 14. The van der Waals surface area contributed by atoms with Crippen LogP contribution in [0.5, 0.6) is 0 Å². The number of phosphoric acid groups is 1. The SMILES string of the molecule is CCCCC/C=C\C/C=C\C/C=C\CCCCCCC(=O)OC[C@H](COP(=O)(O)O)OC(=O)CCCCCCC/C=C\CC1OC1CCCCC. The molecule has 0 amide bonds. The number of allylic oxidation sites excluding steroid dienone is 7. The highest BCUT2D eigenvalue weighted by molar-refractivity contribution is 7.46. The Bertz CT molecular complexity index is 1030.